The van der Waals surface area contributed by atoms with E-state index in [0.717, 1.165) is 5.56 Å². The van der Waals surface area contributed by atoms with Crippen LogP contribution in [0.4, 0.5) is 0 Å². The third kappa shape index (κ3) is 3.79. The van der Waals surface area contributed by atoms with Crippen LogP contribution in [0.1, 0.15) is 12.0 Å². The lowest BCUT2D eigenvalue weighted by atomic mass is 10.2. The van der Waals surface area contributed by atoms with Crippen LogP contribution in [-0.2, 0) is 0 Å². The molecule has 0 aromatic heterocycles. The number of nitriles is 1. The van der Waals surface area contributed by atoms with Gasteiger partial charge in [-0.15, -0.1) is 0 Å². The fourth-order valence-electron chi connectivity index (χ4n) is 0.845. The molecule has 0 aliphatic carbocycles. The highest BCUT2D eigenvalue weighted by molar-refractivity contribution is 5.34. The summed E-state index contributed by atoms with van der Waals surface area (Å²) in [6.45, 7) is 0. The zero-order valence-electron chi connectivity index (χ0n) is 7.20. The summed E-state index contributed by atoms with van der Waals surface area (Å²) < 4.78 is 0. The first-order valence-electron chi connectivity index (χ1n) is 4.02. The Morgan fingerprint density at radius 3 is 2.69 bits per heavy atom. The second-order valence-electron chi connectivity index (χ2n) is 2.40. The third-order valence-corrected chi connectivity index (χ3v) is 1.42. The molecule has 13 heavy (non-hydrogen) atoms. The monoisotopic (exact) mass is 167 g/mol. The lowest BCUT2D eigenvalue weighted by Crippen LogP contribution is -1.69. The van der Waals surface area contributed by atoms with Crippen LogP contribution in [0.5, 0.6) is 0 Å². The van der Waals surface area contributed by atoms with Gasteiger partial charge in [-0.1, -0.05) is 36.1 Å². The predicted octanol–water partition coefficient (Wildman–Crippen LogP) is 2.51. The Kier molecular flexibility index (Phi) is 3.94. The number of hydrogen-bond donors (Lipinski definition) is 0. The summed E-state index contributed by atoms with van der Waals surface area (Å²) in [5.74, 6) is 5.94. The number of hydrogen-bond acceptors (Lipinski definition) is 1. The summed E-state index contributed by atoms with van der Waals surface area (Å²) in [6, 6.07) is 11.7. The van der Waals surface area contributed by atoms with Gasteiger partial charge in [0.2, 0.25) is 0 Å². The van der Waals surface area contributed by atoms with Crippen LogP contribution in [0.3, 0.4) is 0 Å². The topological polar surface area (TPSA) is 23.8 Å². The average Bonchev–Trinajstić information content (AvgIpc) is 2.19. The van der Waals surface area contributed by atoms with E-state index < -0.39 is 0 Å². The van der Waals surface area contributed by atoms with Crippen molar-refractivity contribution < 1.29 is 0 Å². The first-order chi connectivity index (χ1) is 6.43. The van der Waals surface area contributed by atoms with Crippen LogP contribution in [0.25, 0.3) is 0 Å². The summed E-state index contributed by atoms with van der Waals surface area (Å²) in [5.41, 5.74) is 1.01. The molecular weight excluding hydrogens is 158 g/mol. The van der Waals surface area contributed by atoms with E-state index in [-0.39, 0.29) is 0 Å². The molecule has 0 heterocycles. The van der Waals surface area contributed by atoms with Crippen molar-refractivity contribution in [2.45, 2.75) is 6.42 Å². The van der Waals surface area contributed by atoms with E-state index >= 15 is 0 Å². The molecule has 0 bridgehead atoms. The van der Waals surface area contributed by atoms with Gasteiger partial charge in [0.05, 0.1) is 6.07 Å². The van der Waals surface area contributed by atoms with Gasteiger partial charge in [0.25, 0.3) is 0 Å². The van der Waals surface area contributed by atoms with Crippen molar-refractivity contribution in [1.29, 1.82) is 5.26 Å². The third-order valence-electron chi connectivity index (χ3n) is 1.42. The molecule has 1 aromatic rings. The number of nitrogens with zero attached hydrogens (tertiary/aromatic N) is 1. The van der Waals surface area contributed by atoms with Crippen LogP contribution in [0.15, 0.2) is 42.5 Å². The zero-order chi connectivity index (χ0) is 9.36. The first kappa shape index (κ1) is 9.10. The van der Waals surface area contributed by atoms with Crippen molar-refractivity contribution in [3.8, 4) is 17.9 Å². The maximum absolute atomic E-state index is 8.20. The maximum Gasteiger partial charge on any atom is 0.0909 e. The fraction of sp³-hybridized carbons (Fsp3) is 0.0833. The minimum atomic E-state index is 0.627. The van der Waals surface area contributed by atoms with Crippen molar-refractivity contribution in [2.75, 3.05) is 0 Å². The standard InChI is InChI=1S/C12H9N/c13-11-7-2-1-4-8-12-9-5-3-6-10-12/h2-3,5-7,9-10H,1H2/b7-2-. The first-order valence-corrected chi connectivity index (χ1v) is 4.02. The molecule has 0 N–H and O–H groups in total. The molecule has 0 saturated heterocycles. The van der Waals surface area contributed by atoms with E-state index in [1.165, 1.54) is 6.08 Å². The summed E-state index contributed by atoms with van der Waals surface area (Å²) in [4.78, 5) is 0. The Labute approximate surface area is 78.3 Å². The smallest absolute Gasteiger partial charge is 0.0909 e. The van der Waals surface area contributed by atoms with E-state index in [0.29, 0.717) is 6.42 Å². The van der Waals surface area contributed by atoms with Crippen LogP contribution < -0.4 is 0 Å². The van der Waals surface area contributed by atoms with E-state index in [2.05, 4.69) is 11.8 Å². The Morgan fingerprint density at radius 1 is 1.23 bits per heavy atom. The van der Waals surface area contributed by atoms with Gasteiger partial charge in [0, 0.05) is 18.1 Å². The lowest BCUT2D eigenvalue weighted by molar-refractivity contribution is 1.45. The molecule has 1 rings (SSSR count). The second-order valence-corrected chi connectivity index (χ2v) is 2.40. The Balaban J connectivity index is 2.50. The van der Waals surface area contributed by atoms with Crippen molar-refractivity contribution >= 4 is 0 Å². The molecule has 0 spiro atoms. The predicted molar refractivity (Wildman–Crippen MR) is 52.7 cm³/mol. The molecule has 62 valence electrons. The van der Waals surface area contributed by atoms with Crippen LogP contribution >= 0.6 is 0 Å². The molecule has 0 saturated carbocycles. The lowest BCUT2D eigenvalue weighted by Gasteiger charge is -1.84. The van der Waals surface area contributed by atoms with Crippen LogP contribution in [-0.4, -0.2) is 0 Å². The number of benzene rings is 1. The largest absolute Gasteiger partial charge is 0.193 e. The van der Waals surface area contributed by atoms with Crippen LogP contribution in [0, 0.1) is 23.2 Å². The van der Waals surface area contributed by atoms with Gasteiger partial charge in [-0.05, 0) is 12.1 Å². The Morgan fingerprint density at radius 2 is 2.00 bits per heavy atom. The summed E-state index contributed by atoms with van der Waals surface area (Å²) in [5, 5.41) is 8.20. The van der Waals surface area contributed by atoms with Gasteiger partial charge in [0.1, 0.15) is 0 Å². The molecule has 1 nitrogen and oxygen atoms in total. The fourth-order valence-corrected chi connectivity index (χ4v) is 0.845. The number of allylic oxidation sites excluding steroid dienone is 2. The Hall–Kier alpha value is -1.99. The SMILES string of the molecule is N#C/C=C\CC#Cc1ccccc1. The highest BCUT2D eigenvalue weighted by Gasteiger charge is 1.79. The van der Waals surface area contributed by atoms with Gasteiger partial charge in [0.15, 0.2) is 0 Å². The average molecular weight is 167 g/mol. The van der Waals surface area contributed by atoms with E-state index in [9.17, 15) is 0 Å². The maximum atomic E-state index is 8.20. The van der Waals surface area contributed by atoms with Crippen molar-refractivity contribution in [3.63, 3.8) is 0 Å². The molecule has 0 atom stereocenters. The van der Waals surface area contributed by atoms with Crippen molar-refractivity contribution in [2.24, 2.45) is 0 Å². The molecule has 0 fully saturated rings. The van der Waals surface area contributed by atoms with Gasteiger partial charge < -0.3 is 0 Å². The highest BCUT2D eigenvalue weighted by atomic mass is 14.2. The van der Waals surface area contributed by atoms with Crippen LogP contribution in [0.2, 0.25) is 0 Å². The molecule has 0 unspecified atom stereocenters. The molecule has 0 aliphatic rings. The molecular formula is C12H9N. The molecule has 0 radical (unpaired) electrons. The minimum Gasteiger partial charge on any atom is -0.193 e. The van der Waals surface area contributed by atoms with Gasteiger partial charge in [-0.2, -0.15) is 5.26 Å². The molecule has 1 heteroatoms. The van der Waals surface area contributed by atoms with E-state index in [4.69, 9.17) is 5.26 Å². The summed E-state index contributed by atoms with van der Waals surface area (Å²) in [7, 11) is 0. The van der Waals surface area contributed by atoms with E-state index in [1.54, 1.807) is 6.08 Å². The van der Waals surface area contributed by atoms with Crippen molar-refractivity contribution in [3.05, 3.63) is 48.0 Å². The molecule has 0 amide bonds. The summed E-state index contributed by atoms with van der Waals surface area (Å²) in [6.07, 6.45) is 3.82. The molecule has 1 aromatic carbocycles. The number of rotatable bonds is 1. The minimum absolute atomic E-state index is 0.627. The summed E-state index contributed by atoms with van der Waals surface area (Å²) >= 11 is 0. The zero-order valence-corrected chi connectivity index (χ0v) is 7.20. The van der Waals surface area contributed by atoms with E-state index in [1.807, 2.05) is 36.4 Å². The van der Waals surface area contributed by atoms with Gasteiger partial charge in [-0.25, -0.2) is 0 Å². The normalized spacial score (nSPS) is 8.85. The quantitative estimate of drug-likeness (QED) is 0.465. The Bertz CT molecular complexity index is 371. The highest BCUT2D eigenvalue weighted by Crippen LogP contribution is 1.94. The second kappa shape index (κ2) is 5.63. The molecule has 0 aliphatic heterocycles. The van der Waals surface area contributed by atoms with Gasteiger partial charge >= 0.3 is 0 Å². The van der Waals surface area contributed by atoms with Gasteiger partial charge in [-0.3, -0.25) is 0 Å². The van der Waals surface area contributed by atoms with Crippen molar-refractivity contribution in [1.82, 2.24) is 0 Å².